The highest BCUT2D eigenvalue weighted by Gasteiger charge is 2.34. The van der Waals surface area contributed by atoms with Crippen LogP contribution in [0.4, 0.5) is 5.69 Å². The minimum absolute atomic E-state index is 0.0306. The monoisotopic (exact) mass is 345 g/mol. The number of carbonyl (C=O) groups excluding carboxylic acids is 2. The van der Waals surface area contributed by atoms with Crippen molar-refractivity contribution in [2.24, 2.45) is 5.92 Å². The molecular formula is C18H23N3O4. The van der Waals surface area contributed by atoms with Gasteiger partial charge in [0.25, 0.3) is 5.69 Å². The summed E-state index contributed by atoms with van der Waals surface area (Å²) < 4.78 is 0. The molecule has 2 aliphatic rings. The second-order valence-corrected chi connectivity index (χ2v) is 6.87. The normalized spacial score (nSPS) is 20.5. The average molecular weight is 345 g/mol. The van der Waals surface area contributed by atoms with Gasteiger partial charge in [-0.2, -0.15) is 0 Å². The molecule has 25 heavy (non-hydrogen) atoms. The summed E-state index contributed by atoms with van der Waals surface area (Å²) >= 11 is 0. The Labute approximate surface area is 146 Å². The van der Waals surface area contributed by atoms with Crippen molar-refractivity contribution in [2.45, 2.75) is 51.1 Å². The molecule has 1 saturated carbocycles. The number of nitrogens with one attached hydrogen (secondary N) is 1. The van der Waals surface area contributed by atoms with E-state index in [1.165, 1.54) is 12.1 Å². The second kappa shape index (κ2) is 7.63. The molecule has 7 heteroatoms. The third-order valence-electron chi connectivity index (χ3n) is 4.85. The van der Waals surface area contributed by atoms with Crippen LogP contribution in [0.5, 0.6) is 0 Å². The zero-order valence-electron chi connectivity index (χ0n) is 14.1. The smallest absolute Gasteiger partial charge is 0.269 e. The van der Waals surface area contributed by atoms with E-state index in [1.54, 1.807) is 17.0 Å². The zero-order valence-corrected chi connectivity index (χ0v) is 14.1. The number of nitro groups is 1. The molecule has 1 unspecified atom stereocenters. The first-order valence-electron chi connectivity index (χ1n) is 8.85. The maximum Gasteiger partial charge on any atom is 0.269 e. The Balaban J connectivity index is 1.68. The number of nitrogens with zero attached hydrogens (tertiary/aromatic N) is 2. The minimum Gasteiger partial charge on any atom is -0.356 e. The maximum atomic E-state index is 12.8. The summed E-state index contributed by atoms with van der Waals surface area (Å²) in [5.74, 6) is -0.325. The number of carbonyl (C=O) groups is 2. The van der Waals surface area contributed by atoms with Crippen LogP contribution in [0.3, 0.4) is 0 Å². The lowest BCUT2D eigenvalue weighted by Crippen LogP contribution is -2.37. The van der Waals surface area contributed by atoms with E-state index in [2.05, 4.69) is 5.32 Å². The first-order chi connectivity index (χ1) is 12.0. The minimum atomic E-state index is -0.428. The van der Waals surface area contributed by atoms with E-state index >= 15 is 0 Å². The fourth-order valence-electron chi connectivity index (χ4n) is 3.30. The van der Waals surface area contributed by atoms with E-state index in [0.29, 0.717) is 13.1 Å². The van der Waals surface area contributed by atoms with Gasteiger partial charge < -0.3 is 10.2 Å². The van der Waals surface area contributed by atoms with Gasteiger partial charge >= 0.3 is 0 Å². The van der Waals surface area contributed by atoms with Crippen LogP contribution in [-0.2, 0) is 16.1 Å². The summed E-state index contributed by atoms with van der Waals surface area (Å²) in [6, 6.07) is 6.60. The Bertz CT molecular complexity index is 672. The number of rotatable bonds is 6. The molecule has 1 atom stereocenters. The predicted octanol–water partition coefficient (Wildman–Crippen LogP) is 2.39. The molecule has 3 rings (SSSR count). The number of hydrogen-bond acceptors (Lipinski definition) is 4. The van der Waals surface area contributed by atoms with Crippen LogP contribution in [0.15, 0.2) is 24.3 Å². The number of nitro benzene ring substituents is 1. The molecule has 7 nitrogen and oxygen atoms in total. The van der Waals surface area contributed by atoms with Gasteiger partial charge in [0.15, 0.2) is 0 Å². The molecule has 2 amide bonds. The van der Waals surface area contributed by atoms with E-state index in [9.17, 15) is 19.7 Å². The second-order valence-electron chi connectivity index (χ2n) is 6.87. The van der Waals surface area contributed by atoms with Crippen LogP contribution < -0.4 is 5.32 Å². The summed E-state index contributed by atoms with van der Waals surface area (Å²) in [5, 5.41) is 13.8. The quantitative estimate of drug-likeness (QED) is 0.633. The van der Waals surface area contributed by atoms with Gasteiger partial charge in [0.2, 0.25) is 11.8 Å². The topological polar surface area (TPSA) is 92.6 Å². The number of benzene rings is 1. The van der Waals surface area contributed by atoms with Crippen LogP contribution in [0.25, 0.3) is 0 Å². The van der Waals surface area contributed by atoms with Crippen molar-refractivity contribution in [2.75, 3.05) is 6.54 Å². The van der Waals surface area contributed by atoms with E-state index in [1.807, 2.05) is 0 Å². The Hall–Kier alpha value is -2.44. The third kappa shape index (κ3) is 4.55. The van der Waals surface area contributed by atoms with Gasteiger partial charge in [-0.25, -0.2) is 0 Å². The first kappa shape index (κ1) is 17.4. The average Bonchev–Trinajstić information content (AvgIpc) is 3.43. The van der Waals surface area contributed by atoms with Crippen molar-refractivity contribution in [3.63, 3.8) is 0 Å². The Kier molecular flexibility index (Phi) is 5.31. The fourth-order valence-corrected chi connectivity index (χ4v) is 3.30. The largest absolute Gasteiger partial charge is 0.356 e. The van der Waals surface area contributed by atoms with Crippen LogP contribution in [0.2, 0.25) is 0 Å². The fraction of sp³-hybridized carbons (Fsp3) is 0.556. The SMILES string of the molecule is O=C1NCCCCC1CC(=O)N(Cc1cccc([N+](=O)[O-])c1)C1CC1. The van der Waals surface area contributed by atoms with Gasteiger partial charge in [-0.3, -0.25) is 19.7 Å². The first-order valence-corrected chi connectivity index (χ1v) is 8.85. The summed E-state index contributed by atoms with van der Waals surface area (Å²) in [7, 11) is 0. The molecule has 0 radical (unpaired) electrons. The van der Waals surface area contributed by atoms with Crippen LogP contribution >= 0.6 is 0 Å². The van der Waals surface area contributed by atoms with Crippen molar-refractivity contribution in [3.8, 4) is 0 Å². The highest BCUT2D eigenvalue weighted by molar-refractivity contribution is 5.86. The lowest BCUT2D eigenvalue weighted by Gasteiger charge is -2.24. The van der Waals surface area contributed by atoms with E-state index < -0.39 is 4.92 Å². The van der Waals surface area contributed by atoms with Crippen LogP contribution in [0.1, 0.15) is 44.1 Å². The third-order valence-corrected chi connectivity index (χ3v) is 4.85. The molecule has 0 bridgehead atoms. The van der Waals surface area contributed by atoms with Crippen LogP contribution in [-0.4, -0.2) is 34.2 Å². The van der Waals surface area contributed by atoms with Gasteiger partial charge in [-0.15, -0.1) is 0 Å². The van der Waals surface area contributed by atoms with Crippen molar-refractivity contribution >= 4 is 17.5 Å². The number of amides is 2. The maximum absolute atomic E-state index is 12.8. The zero-order chi connectivity index (χ0) is 17.8. The molecule has 1 N–H and O–H groups in total. The van der Waals surface area contributed by atoms with Crippen molar-refractivity contribution in [1.29, 1.82) is 0 Å². The molecule has 1 heterocycles. The molecule has 1 aliphatic heterocycles. The van der Waals surface area contributed by atoms with Gasteiger partial charge in [0.05, 0.1) is 4.92 Å². The molecule has 1 aromatic rings. The lowest BCUT2D eigenvalue weighted by molar-refractivity contribution is -0.384. The molecule has 1 aliphatic carbocycles. The van der Waals surface area contributed by atoms with Gasteiger partial charge in [-0.05, 0) is 31.2 Å². The van der Waals surface area contributed by atoms with E-state index in [4.69, 9.17) is 0 Å². The van der Waals surface area contributed by atoms with Gasteiger partial charge in [-0.1, -0.05) is 18.6 Å². The highest BCUT2D eigenvalue weighted by atomic mass is 16.6. The van der Waals surface area contributed by atoms with Crippen molar-refractivity contribution < 1.29 is 14.5 Å². The van der Waals surface area contributed by atoms with Gasteiger partial charge in [0, 0.05) is 43.6 Å². The molecule has 0 spiro atoms. The predicted molar refractivity (Wildman–Crippen MR) is 91.6 cm³/mol. The molecule has 134 valence electrons. The standard InChI is InChI=1S/C18H23N3O4/c22-17(11-14-5-1-2-9-19-18(14)23)20(15-7-8-15)12-13-4-3-6-16(10-13)21(24)25/h3-4,6,10,14-15H,1-2,5,7-9,11-12H2,(H,19,23). The summed E-state index contributed by atoms with van der Waals surface area (Å²) in [6.45, 7) is 1.04. The number of non-ortho nitro benzene ring substituents is 1. The number of hydrogen-bond donors (Lipinski definition) is 1. The van der Waals surface area contributed by atoms with Crippen molar-refractivity contribution in [1.82, 2.24) is 10.2 Å². The van der Waals surface area contributed by atoms with Crippen molar-refractivity contribution in [3.05, 3.63) is 39.9 Å². The highest BCUT2D eigenvalue weighted by Crippen LogP contribution is 2.30. The molecule has 0 aromatic heterocycles. The molecular weight excluding hydrogens is 322 g/mol. The van der Waals surface area contributed by atoms with Crippen LogP contribution in [0, 0.1) is 16.0 Å². The summed E-state index contributed by atoms with van der Waals surface area (Å²) in [4.78, 5) is 37.2. The van der Waals surface area contributed by atoms with E-state index in [0.717, 1.165) is 37.7 Å². The van der Waals surface area contributed by atoms with E-state index in [-0.39, 0.29) is 35.9 Å². The Morgan fingerprint density at radius 2 is 2.08 bits per heavy atom. The Morgan fingerprint density at radius 1 is 1.28 bits per heavy atom. The summed E-state index contributed by atoms with van der Waals surface area (Å²) in [5.41, 5.74) is 0.781. The molecule has 1 saturated heterocycles. The summed E-state index contributed by atoms with van der Waals surface area (Å²) in [6.07, 6.45) is 4.78. The Morgan fingerprint density at radius 3 is 2.80 bits per heavy atom. The molecule has 2 fully saturated rings. The molecule has 1 aromatic carbocycles. The lowest BCUT2D eigenvalue weighted by atomic mass is 9.98. The van der Waals surface area contributed by atoms with Gasteiger partial charge in [0.1, 0.15) is 0 Å².